The first-order valence-corrected chi connectivity index (χ1v) is 15.1. The number of carbonyl (C=O) groups is 6. The number of carboxylic acid groups (broad SMARTS) is 3. The molecule has 0 heterocycles. The molecule has 0 aromatic rings. The Morgan fingerprint density at radius 2 is 0.902 bits per heavy atom. The Kier molecular flexibility index (Phi) is 23.8. The van der Waals surface area contributed by atoms with Gasteiger partial charge in [-0.05, 0) is 25.7 Å². The summed E-state index contributed by atoms with van der Waals surface area (Å²) in [5, 5.41) is 33.8. The molecule has 0 fully saturated rings. The van der Waals surface area contributed by atoms with Gasteiger partial charge in [0.15, 0.2) is 0 Å². The molecule has 0 aliphatic rings. The van der Waals surface area contributed by atoms with Gasteiger partial charge in [-0.1, -0.05) is 77.0 Å². The Labute approximate surface area is 243 Å². The SMILES string of the molecule is O=C(O)CCCCCCCCCCCCCCCCC(=O)N[C@@H](CCC(=O)NCCCC(=O)NCC(=O)O)C(=O)O. The van der Waals surface area contributed by atoms with E-state index in [4.69, 9.17) is 10.2 Å². The highest BCUT2D eigenvalue weighted by atomic mass is 16.4. The van der Waals surface area contributed by atoms with Gasteiger partial charge < -0.3 is 31.3 Å². The lowest BCUT2D eigenvalue weighted by molar-refractivity contribution is -0.142. The number of hydrogen-bond donors (Lipinski definition) is 6. The molecule has 12 heteroatoms. The first kappa shape index (κ1) is 37.8. The van der Waals surface area contributed by atoms with Gasteiger partial charge in [-0.15, -0.1) is 0 Å². The fourth-order valence-electron chi connectivity index (χ4n) is 4.31. The molecular weight excluding hydrogens is 534 g/mol. The van der Waals surface area contributed by atoms with E-state index < -0.39 is 36.4 Å². The normalized spacial score (nSPS) is 11.4. The summed E-state index contributed by atoms with van der Waals surface area (Å²) in [6, 6.07) is -1.15. The Morgan fingerprint density at radius 1 is 0.463 bits per heavy atom. The smallest absolute Gasteiger partial charge is 0.326 e. The highest BCUT2D eigenvalue weighted by Gasteiger charge is 2.20. The quantitative estimate of drug-likeness (QED) is 0.0740. The van der Waals surface area contributed by atoms with Crippen molar-refractivity contribution in [2.75, 3.05) is 13.1 Å². The van der Waals surface area contributed by atoms with Crippen molar-refractivity contribution >= 4 is 35.6 Å². The molecule has 3 amide bonds. The van der Waals surface area contributed by atoms with E-state index in [1.165, 1.54) is 44.9 Å². The molecule has 236 valence electrons. The average Bonchev–Trinajstić information content (AvgIpc) is 2.91. The van der Waals surface area contributed by atoms with Crippen molar-refractivity contribution in [3.63, 3.8) is 0 Å². The Bertz CT molecular complexity index is 789. The van der Waals surface area contributed by atoms with Crippen LogP contribution in [0.1, 0.15) is 128 Å². The van der Waals surface area contributed by atoms with Gasteiger partial charge in [-0.25, -0.2) is 4.79 Å². The number of unbranched alkanes of at least 4 members (excludes halogenated alkanes) is 13. The molecule has 0 saturated heterocycles. The maximum atomic E-state index is 12.2. The molecule has 6 N–H and O–H groups in total. The summed E-state index contributed by atoms with van der Waals surface area (Å²) in [5.74, 6) is -4.21. The van der Waals surface area contributed by atoms with Gasteiger partial charge in [0, 0.05) is 32.2 Å². The minimum absolute atomic E-state index is 0.0429. The second-order valence-corrected chi connectivity index (χ2v) is 10.5. The summed E-state index contributed by atoms with van der Waals surface area (Å²) < 4.78 is 0. The lowest BCUT2D eigenvalue weighted by atomic mass is 10.0. The van der Waals surface area contributed by atoms with E-state index in [2.05, 4.69) is 16.0 Å². The lowest BCUT2D eigenvalue weighted by Gasteiger charge is -2.14. The van der Waals surface area contributed by atoms with Crippen LogP contribution in [0.2, 0.25) is 0 Å². The summed E-state index contributed by atoms with van der Waals surface area (Å²) >= 11 is 0. The van der Waals surface area contributed by atoms with Crippen LogP contribution in [0.3, 0.4) is 0 Å². The molecule has 0 unspecified atom stereocenters. The molecule has 0 aromatic carbocycles. The molecule has 12 nitrogen and oxygen atoms in total. The van der Waals surface area contributed by atoms with E-state index >= 15 is 0 Å². The third-order valence-corrected chi connectivity index (χ3v) is 6.68. The number of carboxylic acids is 3. The minimum Gasteiger partial charge on any atom is -0.481 e. The number of aliphatic carboxylic acids is 3. The summed E-state index contributed by atoms with van der Waals surface area (Å²) in [5.41, 5.74) is 0. The molecule has 0 spiro atoms. The van der Waals surface area contributed by atoms with Crippen LogP contribution in [0.4, 0.5) is 0 Å². The zero-order valence-corrected chi connectivity index (χ0v) is 24.4. The van der Waals surface area contributed by atoms with Crippen molar-refractivity contribution in [3.05, 3.63) is 0 Å². The molecule has 0 saturated carbocycles. The minimum atomic E-state index is -1.20. The zero-order chi connectivity index (χ0) is 30.7. The largest absolute Gasteiger partial charge is 0.481 e. The van der Waals surface area contributed by atoms with Gasteiger partial charge in [-0.2, -0.15) is 0 Å². The molecular formula is C29H51N3O9. The number of hydrogen-bond acceptors (Lipinski definition) is 6. The molecule has 1 atom stereocenters. The first-order chi connectivity index (χ1) is 19.6. The van der Waals surface area contributed by atoms with Gasteiger partial charge in [0.25, 0.3) is 0 Å². The number of nitrogens with one attached hydrogen (secondary N) is 3. The van der Waals surface area contributed by atoms with Crippen molar-refractivity contribution in [2.45, 2.75) is 134 Å². The van der Waals surface area contributed by atoms with Crippen molar-refractivity contribution < 1.29 is 44.1 Å². The highest BCUT2D eigenvalue weighted by molar-refractivity contribution is 5.84. The molecule has 0 aliphatic heterocycles. The monoisotopic (exact) mass is 585 g/mol. The summed E-state index contributed by atoms with van der Waals surface area (Å²) in [6.45, 7) is -0.265. The Hall–Kier alpha value is -3.18. The van der Waals surface area contributed by atoms with E-state index in [9.17, 15) is 33.9 Å². The number of amides is 3. The van der Waals surface area contributed by atoms with Gasteiger partial charge in [-0.3, -0.25) is 24.0 Å². The van der Waals surface area contributed by atoms with Crippen LogP contribution >= 0.6 is 0 Å². The maximum absolute atomic E-state index is 12.2. The van der Waals surface area contributed by atoms with Crippen LogP contribution in [-0.4, -0.2) is 70.1 Å². The average molecular weight is 586 g/mol. The third kappa shape index (κ3) is 26.8. The van der Waals surface area contributed by atoms with Crippen LogP contribution in [0.5, 0.6) is 0 Å². The van der Waals surface area contributed by atoms with E-state index in [0.717, 1.165) is 38.5 Å². The molecule has 41 heavy (non-hydrogen) atoms. The number of carbonyl (C=O) groups excluding carboxylic acids is 3. The van der Waals surface area contributed by atoms with E-state index in [-0.39, 0.29) is 50.5 Å². The van der Waals surface area contributed by atoms with Crippen LogP contribution in [-0.2, 0) is 28.8 Å². The van der Waals surface area contributed by atoms with Crippen molar-refractivity contribution in [1.29, 1.82) is 0 Å². The molecule has 0 aliphatic carbocycles. The topological polar surface area (TPSA) is 199 Å². The van der Waals surface area contributed by atoms with E-state index in [1.807, 2.05) is 0 Å². The van der Waals surface area contributed by atoms with Crippen molar-refractivity contribution in [1.82, 2.24) is 16.0 Å². The predicted molar refractivity (Wildman–Crippen MR) is 153 cm³/mol. The molecule has 0 radical (unpaired) electrons. The Balaban J connectivity index is 3.72. The van der Waals surface area contributed by atoms with Gasteiger partial charge >= 0.3 is 17.9 Å². The van der Waals surface area contributed by atoms with Crippen LogP contribution in [0.25, 0.3) is 0 Å². The lowest BCUT2D eigenvalue weighted by Crippen LogP contribution is -2.41. The Morgan fingerprint density at radius 3 is 1.37 bits per heavy atom. The van der Waals surface area contributed by atoms with Crippen molar-refractivity contribution in [3.8, 4) is 0 Å². The van der Waals surface area contributed by atoms with Crippen LogP contribution in [0.15, 0.2) is 0 Å². The maximum Gasteiger partial charge on any atom is 0.326 e. The fraction of sp³-hybridized carbons (Fsp3) is 0.793. The van der Waals surface area contributed by atoms with Gasteiger partial charge in [0.05, 0.1) is 0 Å². The first-order valence-electron chi connectivity index (χ1n) is 15.1. The predicted octanol–water partition coefficient (Wildman–Crippen LogP) is 3.76. The molecule has 0 rings (SSSR count). The zero-order valence-electron chi connectivity index (χ0n) is 24.4. The van der Waals surface area contributed by atoms with Gasteiger partial charge in [0.2, 0.25) is 17.7 Å². The fourth-order valence-corrected chi connectivity index (χ4v) is 4.31. The second kappa shape index (κ2) is 25.8. The molecule has 0 bridgehead atoms. The third-order valence-electron chi connectivity index (χ3n) is 6.68. The van der Waals surface area contributed by atoms with Gasteiger partial charge in [0.1, 0.15) is 12.6 Å². The number of rotatable bonds is 28. The van der Waals surface area contributed by atoms with Crippen molar-refractivity contribution in [2.24, 2.45) is 0 Å². The summed E-state index contributed by atoms with van der Waals surface area (Å²) in [7, 11) is 0. The summed E-state index contributed by atoms with van der Waals surface area (Å²) in [4.78, 5) is 67.9. The molecule has 0 aromatic heterocycles. The highest BCUT2D eigenvalue weighted by Crippen LogP contribution is 2.14. The second-order valence-electron chi connectivity index (χ2n) is 10.5. The van der Waals surface area contributed by atoms with Crippen LogP contribution in [0, 0.1) is 0 Å². The standard InChI is InChI=1S/C29H51N3O9/c33-24(31-22-28(38)39)17-15-21-30-25(34)20-19-23(29(40)41)32-26(35)16-13-11-9-7-5-3-1-2-4-6-8-10-12-14-18-27(36)37/h23H,1-22H2,(H,30,34)(H,31,33)(H,32,35)(H,36,37)(H,38,39)(H,40,41)/t23-/m0/s1. The summed E-state index contributed by atoms with van der Waals surface area (Å²) in [6.07, 6.45) is 15.8. The van der Waals surface area contributed by atoms with E-state index in [1.54, 1.807) is 0 Å². The van der Waals surface area contributed by atoms with Crippen LogP contribution < -0.4 is 16.0 Å². The van der Waals surface area contributed by atoms with E-state index in [0.29, 0.717) is 12.8 Å².